The number of piperidine rings is 1. The third kappa shape index (κ3) is 4.11. The van der Waals surface area contributed by atoms with Gasteiger partial charge < -0.3 is 9.64 Å². The van der Waals surface area contributed by atoms with E-state index in [-0.39, 0.29) is 0 Å². The predicted molar refractivity (Wildman–Crippen MR) is 71.5 cm³/mol. The molecular formula is C14H21N3O. The van der Waals surface area contributed by atoms with Gasteiger partial charge in [-0.1, -0.05) is 6.08 Å². The Bertz CT molecular complexity index is 347. The molecule has 98 valence electrons. The number of ether oxygens (including phenoxy) is 1. The molecule has 0 aliphatic carbocycles. The average Bonchev–Trinajstić information content (AvgIpc) is 2.45. The van der Waals surface area contributed by atoms with Crippen molar-refractivity contribution < 1.29 is 4.74 Å². The molecule has 1 fully saturated rings. The van der Waals surface area contributed by atoms with E-state index in [2.05, 4.69) is 21.4 Å². The van der Waals surface area contributed by atoms with E-state index in [1.165, 1.54) is 12.8 Å². The number of aromatic nitrogens is 2. The standard InChI is InChI=1S/C14H21N3O/c1-2-3-9-17-10-5-13(6-11-17)12-18-14-15-7-4-8-16-14/h2,4,7-8,13H,1,3,5-6,9-12H2. The second-order valence-corrected chi connectivity index (χ2v) is 4.70. The molecule has 2 heterocycles. The summed E-state index contributed by atoms with van der Waals surface area (Å²) in [5.41, 5.74) is 0. The smallest absolute Gasteiger partial charge is 0.316 e. The van der Waals surface area contributed by atoms with Gasteiger partial charge in [0.25, 0.3) is 0 Å². The minimum Gasteiger partial charge on any atom is -0.463 e. The number of hydrogen-bond donors (Lipinski definition) is 0. The Labute approximate surface area is 109 Å². The molecule has 0 radical (unpaired) electrons. The van der Waals surface area contributed by atoms with Gasteiger partial charge in [-0.25, -0.2) is 9.97 Å². The molecule has 1 aromatic heterocycles. The highest BCUT2D eigenvalue weighted by Crippen LogP contribution is 2.18. The van der Waals surface area contributed by atoms with Crippen LogP contribution in [0.4, 0.5) is 0 Å². The van der Waals surface area contributed by atoms with Crippen molar-refractivity contribution in [2.45, 2.75) is 19.3 Å². The number of hydrogen-bond acceptors (Lipinski definition) is 4. The molecule has 0 N–H and O–H groups in total. The third-order valence-electron chi connectivity index (χ3n) is 3.35. The lowest BCUT2D eigenvalue weighted by Crippen LogP contribution is -2.36. The van der Waals surface area contributed by atoms with Gasteiger partial charge in [0.2, 0.25) is 0 Å². The Balaban J connectivity index is 1.66. The summed E-state index contributed by atoms with van der Waals surface area (Å²) in [7, 11) is 0. The summed E-state index contributed by atoms with van der Waals surface area (Å²) in [4.78, 5) is 10.6. The number of likely N-dealkylation sites (tertiary alicyclic amines) is 1. The molecule has 1 aliphatic rings. The lowest BCUT2D eigenvalue weighted by molar-refractivity contribution is 0.138. The normalized spacial score (nSPS) is 17.6. The summed E-state index contributed by atoms with van der Waals surface area (Å²) in [5.74, 6) is 0.633. The Kier molecular flexibility index (Phi) is 5.15. The van der Waals surface area contributed by atoms with E-state index in [0.717, 1.165) is 32.7 Å². The third-order valence-corrected chi connectivity index (χ3v) is 3.35. The topological polar surface area (TPSA) is 38.2 Å². The molecule has 0 spiro atoms. The molecule has 1 aliphatic heterocycles. The molecule has 1 saturated heterocycles. The van der Waals surface area contributed by atoms with E-state index >= 15 is 0 Å². The molecule has 4 nitrogen and oxygen atoms in total. The average molecular weight is 247 g/mol. The Morgan fingerprint density at radius 3 is 2.72 bits per heavy atom. The van der Waals surface area contributed by atoms with Gasteiger partial charge >= 0.3 is 6.01 Å². The summed E-state index contributed by atoms with van der Waals surface area (Å²) in [6.45, 7) is 7.96. The van der Waals surface area contributed by atoms with Gasteiger partial charge in [0.15, 0.2) is 0 Å². The van der Waals surface area contributed by atoms with E-state index in [4.69, 9.17) is 4.74 Å². The minimum atomic E-state index is 0.492. The van der Waals surface area contributed by atoms with E-state index in [9.17, 15) is 0 Å². The number of nitrogens with zero attached hydrogens (tertiary/aromatic N) is 3. The predicted octanol–water partition coefficient (Wildman–Crippen LogP) is 2.14. The van der Waals surface area contributed by atoms with Crippen LogP contribution in [-0.4, -0.2) is 41.1 Å². The van der Waals surface area contributed by atoms with Crippen molar-refractivity contribution in [2.75, 3.05) is 26.2 Å². The van der Waals surface area contributed by atoms with Crippen LogP contribution in [0, 0.1) is 5.92 Å². The van der Waals surface area contributed by atoms with Gasteiger partial charge in [-0.15, -0.1) is 6.58 Å². The van der Waals surface area contributed by atoms with Gasteiger partial charge in [-0.2, -0.15) is 0 Å². The fraction of sp³-hybridized carbons (Fsp3) is 0.571. The maximum Gasteiger partial charge on any atom is 0.316 e. The van der Waals surface area contributed by atoms with E-state index < -0.39 is 0 Å². The van der Waals surface area contributed by atoms with Crippen molar-refractivity contribution >= 4 is 0 Å². The van der Waals surface area contributed by atoms with Crippen molar-refractivity contribution in [1.82, 2.24) is 14.9 Å². The van der Waals surface area contributed by atoms with Crippen LogP contribution in [0.2, 0.25) is 0 Å². The van der Waals surface area contributed by atoms with Crippen molar-refractivity contribution in [2.24, 2.45) is 5.92 Å². The van der Waals surface area contributed by atoms with Crippen LogP contribution in [-0.2, 0) is 0 Å². The SMILES string of the molecule is C=CCCN1CCC(COc2ncccn2)CC1. The van der Waals surface area contributed by atoms with Gasteiger partial charge in [0.05, 0.1) is 6.61 Å². The minimum absolute atomic E-state index is 0.492. The maximum atomic E-state index is 5.60. The molecule has 0 unspecified atom stereocenters. The van der Waals surface area contributed by atoms with Crippen LogP contribution in [0.1, 0.15) is 19.3 Å². The Morgan fingerprint density at radius 2 is 2.06 bits per heavy atom. The molecule has 0 saturated carbocycles. The second-order valence-electron chi connectivity index (χ2n) is 4.70. The van der Waals surface area contributed by atoms with Crippen molar-refractivity contribution in [3.05, 3.63) is 31.1 Å². The molecule has 18 heavy (non-hydrogen) atoms. The maximum absolute atomic E-state index is 5.60. The van der Waals surface area contributed by atoms with Crippen molar-refractivity contribution in [1.29, 1.82) is 0 Å². The summed E-state index contributed by atoms with van der Waals surface area (Å²) in [5, 5.41) is 0. The first kappa shape index (κ1) is 13.0. The molecule has 4 heteroatoms. The number of rotatable bonds is 6. The first-order valence-corrected chi connectivity index (χ1v) is 6.61. The lowest BCUT2D eigenvalue weighted by Gasteiger charge is -2.31. The van der Waals surface area contributed by atoms with Gasteiger partial charge in [-0.3, -0.25) is 0 Å². The Morgan fingerprint density at radius 1 is 1.33 bits per heavy atom. The van der Waals surface area contributed by atoms with Crippen LogP contribution in [0.5, 0.6) is 6.01 Å². The van der Waals surface area contributed by atoms with Crippen molar-refractivity contribution in [3.8, 4) is 6.01 Å². The van der Waals surface area contributed by atoms with Crippen LogP contribution in [0.25, 0.3) is 0 Å². The van der Waals surface area contributed by atoms with Gasteiger partial charge in [0.1, 0.15) is 0 Å². The fourth-order valence-electron chi connectivity index (χ4n) is 2.20. The van der Waals surface area contributed by atoms with E-state index in [0.29, 0.717) is 11.9 Å². The first-order valence-electron chi connectivity index (χ1n) is 6.61. The van der Waals surface area contributed by atoms with Crippen LogP contribution in [0.15, 0.2) is 31.1 Å². The summed E-state index contributed by atoms with van der Waals surface area (Å²) >= 11 is 0. The summed E-state index contributed by atoms with van der Waals surface area (Å²) < 4.78 is 5.60. The highest BCUT2D eigenvalue weighted by Gasteiger charge is 2.19. The first-order chi connectivity index (χ1) is 8.88. The van der Waals surface area contributed by atoms with E-state index in [1.54, 1.807) is 18.5 Å². The largest absolute Gasteiger partial charge is 0.463 e. The molecule has 0 bridgehead atoms. The van der Waals surface area contributed by atoms with Crippen LogP contribution < -0.4 is 4.74 Å². The summed E-state index contributed by atoms with van der Waals surface area (Å²) in [6.07, 6.45) is 8.88. The molecular weight excluding hydrogens is 226 g/mol. The lowest BCUT2D eigenvalue weighted by atomic mass is 9.98. The zero-order valence-electron chi connectivity index (χ0n) is 10.8. The highest BCUT2D eigenvalue weighted by molar-refractivity contribution is 4.93. The van der Waals surface area contributed by atoms with Gasteiger partial charge in [0, 0.05) is 18.9 Å². The second kappa shape index (κ2) is 7.11. The van der Waals surface area contributed by atoms with Gasteiger partial charge in [-0.05, 0) is 44.3 Å². The summed E-state index contributed by atoms with van der Waals surface area (Å²) in [6, 6.07) is 2.29. The zero-order valence-corrected chi connectivity index (χ0v) is 10.8. The van der Waals surface area contributed by atoms with E-state index in [1.807, 2.05) is 6.08 Å². The fourth-order valence-corrected chi connectivity index (χ4v) is 2.20. The monoisotopic (exact) mass is 247 g/mol. The molecule has 0 amide bonds. The van der Waals surface area contributed by atoms with Crippen molar-refractivity contribution in [3.63, 3.8) is 0 Å². The van der Waals surface area contributed by atoms with Crippen LogP contribution in [0.3, 0.4) is 0 Å². The molecule has 0 aromatic carbocycles. The Hall–Kier alpha value is -1.42. The molecule has 1 aromatic rings. The zero-order chi connectivity index (χ0) is 12.6. The quantitative estimate of drug-likeness (QED) is 0.722. The molecule has 2 rings (SSSR count). The van der Waals surface area contributed by atoms with Crippen LogP contribution >= 0.6 is 0 Å². The highest BCUT2D eigenvalue weighted by atomic mass is 16.5. The molecule has 0 atom stereocenters.